The zero-order valence-corrected chi connectivity index (χ0v) is 21.2. The molecule has 8 heteroatoms. The molecule has 3 fully saturated rings. The summed E-state index contributed by atoms with van der Waals surface area (Å²) in [5.74, 6) is -0.500. The van der Waals surface area contributed by atoms with Crippen molar-refractivity contribution in [2.24, 2.45) is 39.1 Å². The van der Waals surface area contributed by atoms with Gasteiger partial charge in [-0.2, -0.15) is 5.26 Å². The fourth-order valence-electron chi connectivity index (χ4n) is 6.97. The number of piperidine rings is 1. The van der Waals surface area contributed by atoms with Crippen molar-refractivity contribution < 1.29 is 4.79 Å². The Balaban J connectivity index is 1.51. The van der Waals surface area contributed by atoms with Crippen LogP contribution in [0.15, 0.2) is 4.99 Å². The number of rotatable bonds is 6. The lowest BCUT2D eigenvalue weighted by Crippen LogP contribution is -2.62. The summed E-state index contributed by atoms with van der Waals surface area (Å²) in [6.07, 6.45) is 8.68. The number of nitrogens with zero attached hydrogens (tertiary/aromatic N) is 3. The van der Waals surface area contributed by atoms with Gasteiger partial charge in [-0.15, -0.1) is 0 Å². The Kier molecular flexibility index (Phi) is 7.98. The molecule has 0 radical (unpaired) electrons. The van der Waals surface area contributed by atoms with Crippen LogP contribution in [0.25, 0.3) is 0 Å². The van der Waals surface area contributed by atoms with Crippen LogP contribution in [-0.4, -0.2) is 67.5 Å². The third-order valence-electron chi connectivity index (χ3n) is 9.26. The van der Waals surface area contributed by atoms with Gasteiger partial charge < -0.3 is 22.1 Å². The monoisotopic (exact) mass is 471 g/mol. The normalized spacial score (nSPS) is 37.9. The number of fused-ring (bicyclic) bond motifs is 1. The van der Waals surface area contributed by atoms with E-state index in [1.165, 1.54) is 25.7 Å². The number of hydrogen-bond acceptors (Lipinski definition) is 7. The Bertz CT molecular complexity index is 799. The number of hydrogen-bond donors (Lipinski definition) is 4. The number of carbonyl (C=O) groups excluding carboxylic acids is 1. The van der Waals surface area contributed by atoms with Gasteiger partial charge in [-0.1, -0.05) is 26.7 Å². The van der Waals surface area contributed by atoms with Crippen LogP contribution in [0, 0.1) is 34.0 Å². The summed E-state index contributed by atoms with van der Waals surface area (Å²) in [5, 5.41) is 16.1. The summed E-state index contributed by atoms with van der Waals surface area (Å²) in [4.78, 5) is 21.2. The maximum atomic E-state index is 13.7. The molecule has 6 unspecified atom stereocenters. The van der Waals surface area contributed by atoms with Gasteiger partial charge in [0.05, 0.1) is 18.3 Å². The SMILES string of the molecule is CC12CC(C(C(=O)NC3CNCCC3N3CCCCCC3)C(N)N)=NCC(CC#N)CC1(C)C2. The number of carbonyl (C=O) groups is 1. The fourth-order valence-corrected chi connectivity index (χ4v) is 6.97. The molecule has 0 bridgehead atoms. The molecule has 0 aromatic carbocycles. The third kappa shape index (κ3) is 5.48. The van der Waals surface area contributed by atoms with Crippen LogP contribution in [0.3, 0.4) is 0 Å². The molecule has 0 aromatic heterocycles. The molecule has 3 aliphatic heterocycles. The van der Waals surface area contributed by atoms with Crippen molar-refractivity contribution in [2.75, 3.05) is 32.7 Å². The highest BCUT2D eigenvalue weighted by molar-refractivity contribution is 6.05. The van der Waals surface area contributed by atoms with Crippen LogP contribution in [0.5, 0.6) is 0 Å². The van der Waals surface area contributed by atoms with E-state index in [1.807, 2.05) is 0 Å². The second kappa shape index (κ2) is 10.6. The average Bonchev–Trinajstić information content (AvgIpc) is 3.41. The van der Waals surface area contributed by atoms with E-state index >= 15 is 0 Å². The molecule has 6 atom stereocenters. The van der Waals surface area contributed by atoms with Crippen LogP contribution in [0.2, 0.25) is 0 Å². The Morgan fingerprint density at radius 1 is 1.26 bits per heavy atom. The molecule has 2 saturated heterocycles. The molecule has 190 valence electrons. The smallest absolute Gasteiger partial charge is 0.232 e. The lowest BCUT2D eigenvalue weighted by atomic mass is 9.79. The zero-order chi connectivity index (χ0) is 24.3. The molecule has 1 saturated carbocycles. The van der Waals surface area contributed by atoms with Gasteiger partial charge in [0.15, 0.2) is 0 Å². The molecule has 8 nitrogen and oxygen atoms in total. The van der Waals surface area contributed by atoms with E-state index < -0.39 is 12.1 Å². The van der Waals surface area contributed by atoms with Crippen LogP contribution in [0.1, 0.15) is 71.6 Å². The van der Waals surface area contributed by atoms with Gasteiger partial charge in [0.25, 0.3) is 0 Å². The van der Waals surface area contributed by atoms with Crippen LogP contribution in [-0.2, 0) is 4.79 Å². The molecular formula is C26H45N7O. The first kappa shape index (κ1) is 25.6. The van der Waals surface area contributed by atoms with Crippen molar-refractivity contribution >= 4 is 11.6 Å². The van der Waals surface area contributed by atoms with Crippen LogP contribution < -0.4 is 22.1 Å². The Labute approximate surface area is 205 Å². The second-order valence-corrected chi connectivity index (χ2v) is 11.9. The third-order valence-corrected chi connectivity index (χ3v) is 9.26. The number of aliphatic imine (C=N–C) groups is 1. The molecule has 4 aliphatic rings. The maximum Gasteiger partial charge on any atom is 0.232 e. The minimum atomic E-state index is -0.797. The van der Waals surface area contributed by atoms with E-state index in [2.05, 4.69) is 35.5 Å². The van der Waals surface area contributed by atoms with Crippen molar-refractivity contribution in [1.82, 2.24) is 15.5 Å². The Morgan fingerprint density at radius 3 is 2.68 bits per heavy atom. The highest BCUT2D eigenvalue weighted by atomic mass is 16.2. The molecular weight excluding hydrogens is 426 g/mol. The summed E-state index contributed by atoms with van der Waals surface area (Å²) in [6.45, 7) is 9.16. The number of amides is 1. The van der Waals surface area contributed by atoms with E-state index in [4.69, 9.17) is 16.5 Å². The summed E-state index contributed by atoms with van der Waals surface area (Å²) >= 11 is 0. The van der Waals surface area contributed by atoms with E-state index in [9.17, 15) is 10.1 Å². The topological polar surface area (TPSA) is 133 Å². The zero-order valence-electron chi connectivity index (χ0n) is 21.2. The highest BCUT2D eigenvalue weighted by Gasteiger charge is 2.62. The molecule has 4 rings (SSSR count). The first-order valence-corrected chi connectivity index (χ1v) is 13.4. The number of nitriles is 1. The van der Waals surface area contributed by atoms with Gasteiger partial charge in [0.2, 0.25) is 5.91 Å². The number of likely N-dealkylation sites (tertiary alicyclic amines) is 1. The molecule has 0 spiro atoms. The Morgan fingerprint density at radius 2 is 2.00 bits per heavy atom. The minimum absolute atomic E-state index is 0.0443. The van der Waals surface area contributed by atoms with Crippen molar-refractivity contribution in [3.05, 3.63) is 0 Å². The Hall–Kier alpha value is -1.53. The summed E-state index contributed by atoms with van der Waals surface area (Å²) < 4.78 is 0. The van der Waals surface area contributed by atoms with Crippen molar-refractivity contribution in [3.8, 4) is 6.07 Å². The summed E-state index contributed by atoms with van der Waals surface area (Å²) in [7, 11) is 0. The maximum absolute atomic E-state index is 13.7. The first-order chi connectivity index (χ1) is 16.3. The lowest BCUT2D eigenvalue weighted by Gasteiger charge is -2.41. The molecule has 1 amide bonds. The van der Waals surface area contributed by atoms with Crippen LogP contribution in [0.4, 0.5) is 0 Å². The van der Waals surface area contributed by atoms with Crippen LogP contribution >= 0.6 is 0 Å². The van der Waals surface area contributed by atoms with E-state index in [0.29, 0.717) is 19.0 Å². The van der Waals surface area contributed by atoms with E-state index in [0.717, 1.165) is 57.6 Å². The van der Waals surface area contributed by atoms with Crippen molar-refractivity contribution in [3.63, 3.8) is 0 Å². The predicted octanol–water partition coefficient (Wildman–Crippen LogP) is 1.75. The van der Waals surface area contributed by atoms with Gasteiger partial charge in [0.1, 0.15) is 5.92 Å². The van der Waals surface area contributed by atoms with Crippen molar-refractivity contribution in [2.45, 2.75) is 89.9 Å². The summed E-state index contributed by atoms with van der Waals surface area (Å²) in [6, 6.07) is 2.72. The number of nitrogens with one attached hydrogen (secondary N) is 2. The van der Waals surface area contributed by atoms with Gasteiger partial charge in [0, 0.05) is 31.3 Å². The quantitative estimate of drug-likeness (QED) is 0.436. The van der Waals surface area contributed by atoms with E-state index in [1.54, 1.807) is 0 Å². The van der Waals surface area contributed by atoms with Gasteiger partial charge in [-0.25, -0.2) is 0 Å². The van der Waals surface area contributed by atoms with Gasteiger partial charge >= 0.3 is 0 Å². The van der Waals surface area contributed by atoms with Crippen molar-refractivity contribution in [1.29, 1.82) is 5.26 Å². The fraction of sp³-hybridized carbons (Fsp3) is 0.885. The summed E-state index contributed by atoms with van der Waals surface area (Å²) in [5.41, 5.74) is 13.6. The molecule has 6 N–H and O–H groups in total. The molecule has 3 heterocycles. The molecule has 34 heavy (non-hydrogen) atoms. The van der Waals surface area contributed by atoms with Gasteiger partial charge in [-0.3, -0.25) is 14.7 Å². The van der Waals surface area contributed by atoms with Gasteiger partial charge in [-0.05, 0) is 74.9 Å². The first-order valence-electron chi connectivity index (χ1n) is 13.4. The number of nitrogens with two attached hydrogens (primary N) is 2. The minimum Gasteiger partial charge on any atom is -0.350 e. The predicted molar refractivity (Wildman–Crippen MR) is 135 cm³/mol. The second-order valence-electron chi connectivity index (χ2n) is 11.9. The largest absolute Gasteiger partial charge is 0.350 e. The van der Waals surface area contributed by atoms with E-state index in [-0.39, 0.29) is 28.7 Å². The lowest BCUT2D eigenvalue weighted by molar-refractivity contribution is -0.125. The standard InChI is InChI=1S/C26H45N7O/c1-25-13-18(7-9-27)15-31-19(14-26(25,2)17-25)22(23(28)29)24(34)32-20-16-30-10-8-21(20)33-11-5-3-4-6-12-33/h18,20-23,30H,3-8,10-17,28-29H2,1-2H3,(H,32,34). The molecule has 1 aliphatic carbocycles. The average molecular weight is 472 g/mol. The highest BCUT2D eigenvalue weighted by Crippen LogP contribution is 2.69. The molecule has 0 aromatic rings.